The molecule has 4 aromatic rings. The number of rotatable bonds is 16. The monoisotopic (exact) mass is 631 g/mol. The summed E-state index contributed by atoms with van der Waals surface area (Å²) in [7, 11) is -4.66. The minimum Gasteiger partial charge on any atom is -0.404 e. The molecule has 2 aromatic heterocycles. The van der Waals surface area contributed by atoms with Crippen molar-refractivity contribution in [3.05, 3.63) is 58.9 Å². The highest BCUT2D eigenvalue weighted by Crippen LogP contribution is 2.39. The van der Waals surface area contributed by atoms with Crippen molar-refractivity contribution in [2.24, 2.45) is 0 Å². The smallest absolute Gasteiger partial charge is 0.404 e. The third-order valence-corrected chi connectivity index (χ3v) is 7.74. The lowest BCUT2D eigenvalue weighted by atomic mass is 10.1. The SMILES string of the molecule is CCCCc1nc2c(N)nc3ccc(CCCOCCCNC(=O)CCl)cc3c2n1Cc1ccc(OP(=O)(O)O)c(C)c1. The molecule has 0 radical (unpaired) electrons. The van der Waals surface area contributed by atoms with Gasteiger partial charge in [-0.2, -0.15) is 0 Å². The number of halogens is 1. The molecule has 0 fully saturated rings. The summed E-state index contributed by atoms with van der Waals surface area (Å²) >= 11 is 5.48. The molecule has 5 N–H and O–H groups in total. The third kappa shape index (κ3) is 8.90. The van der Waals surface area contributed by atoms with Gasteiger partial charge in [-0.1, -0.05) is 31.5 Å². The number of nitrogen functional groups attached to an aromatic ring is 1. The summed E-state index contributed by atoms with van der Waals surface area (Å²) in [5, 5.41) is 3.69. The number of nitrogens with two attached hydrogens (primary N) is 1. The number of alkyl halides is 1. The summed E-state index contributed by atoms with van der Waals surface area (Å²) in [5.41, 5.74) is 11.5. The fourth-order valence-corrected chi connectivity index (χ4v) is 5.56. The number of fused-ring (bicyclic) bond motifs is 3. The zero-order chi connectivity index (χ0) is 31.0. The van der Waals surface area contributed by atoms with Crippen molar-refractivity contribution in [1.82, 2.24) is 19.9 Å². The average molecular weight is 632 g/mol. The molecule has 232 valence electrons. The molecule has 43 heavy (non-hydrogen) atoms. The Bertz CT molecular complexity index is 1620. The number of anilines is 1. The van der Waals surface area contributed by atoms with Crippen LogP contribution in [-0.2, 0) is 33.5 Å². The predicted molar refractivity (Wildman–Crippen MR) is 168 cm³/mol. The number of carbonyl (C=O) groups is 1. The van der Waals surface area contributed by atoms with Crippen molar-refractivity contribution >= 4 is 53.1 Å². The fraction of sp³-hybridized carbons (Fsp3) is 0.433. The number of nitrogens with zero attached hydrogens (tertiary/aromatic N) is 3. The summed E-state index contributed by atoms with van der Waals surface area (Å²) in [6.45, 7) is 6.10. The maximum absolute atomic E-state index is 11.4. The van der Waals surface area contributed by atoms with Crippen LogP contribution in [0.5, 0.6) is 5.75 Å². The van der Waals surface area contributed by atoms with Gasteiger partial charge in [0, 0.05) is 38.1 Å². The Morgan fingerprint density at radius 1 is 1.07 bits per heavy atom. The van der Waals surface area contributed by atoms with Crippen LogP contribution < -0.4 is 15.6 Å². The fourth-order valence-electron chi connectivity index (χ4n) is 5.01. The molecule has 2 aromatic carbocycles. The number of phosphoric ester groups is 1. The van der Waals surface area contributed by atoms with Gasteiger partial charge in [-0.3, -0.25) is 14.6 Å². The van der Waals surface area contributed by atoms with E-state index in [4.69, 9.17) is 31.6 Å². The molecule has 2 heterocycles. The number of ether oxygens (including phenoxy) is 1. The average Bonchev–Trinajstić information content (AvgIpc) is 3.33. The van der Waals surface area contributed by atoms with Gasteiger partial charge in [-0.15, -0.1) is 11.6 Å². The van der Waals surface area contributed by atoms with Crippen molar-refractivity contribution in [2.45, 2.75) is 58.9 Å². The minimum absolute atomic E-state index is 0.0358. The molecule has 0 atom stereocenters. The molecule has 0 aliphatic carbocycles. The molecule has 0 spiro atoms. The number of amides is 1. The van der Waals surface area contributed by atoms with E-state index in [1.807, 2.05) is 12.1 Å². The van der Waals surface area contributed by atoms with Gasteiger partial charge in [-0.25, -0.2) is 14.5 Å². The van der Waals surface area contributed by atoms with Gasteiger partial charge < -0.3 is 24.9 Å². The van der Waals surface area contributed by atoms with E-state index in [0.717, 1.165) is 71.9 Å². The minimum atomic E-state index is -4.66. The second-order valence-electron chi connectivity index (χ2n) is 10.5. The maximum Gasteiger partial charge on any atom is 0.524 e. The Morgan fingerprint density at radius 3 is 2.56 bits per heavy atom. The topological polar surface area (TPSA) is 162 Å². The largest absolute Gasteiger partial charge is 0.524 e. The van der Waals surface area contributed by atoms with Crippen molar-refractivity contribution in [2.75, 3.05) is 31.4 Å². The summed E-state index contributed by atoms with van der Waals surface area (Å²) in [6.07, 6.45) is 5.15. The Labute approximate surface area is 256 Å². The second kappa shape index (κ2) is 15.0. The number of hydrogen-bond donors (Lipinski definition) is 4. The molecule has 1 amide bonds. The molecule has 4 rings (SSSR count). The highest BCUT2D eigenvalue weighted by atomic mass is 35.5. The van der Waals surface area contributed by atoms with E-state index in [9.17, 15) is 19.1 Å². The first kappa shape index (κ1) is 32.7. The number of aryl methyl sites for hydroxylation is 3. The Balaban J connectivity index is 1.58. The van der Waals surface area contributed by atoms with Crippen molar-refractivity contribution in [3.63, 3.8) is 0 Å². The zero-order valence-electron chi connectivity index (χ0n) is 24.5. The molecular formula is C30H39ClN5O6P. The molecular weight excluding hydrogens is 593 g/mol. The number of phosphoric acid groups is 1. The second-order valence-corrected chi connectivity index (χ2v) is 11.9. The molecule has 0 aliphatic heterocycles. The van der Waals surface area contributed by atoms with Gasteiger partial charge in [0.25, 0.3) is 0 Å². The highest BCUT2D eigenvalue weighted by Gasteiger charge is 2.20. The lowest BCUT2D eigenvalue weighted by molar-refractivity contribution is -0.118. The number of imidazole rings is 1. The van der Waals surface area contributed by atoms with Crippen molar-refractivity contribution in [1.29, 1.82) is 0 Å². The van der Waals surface area contributed by atoms with Crippen molar-refractivity contribution in [3.8, 4) is 5.75 Å². The normalized spacial score (nSPS) is 11.8. The van der Waals surface area contributed by atoms with E-state index < -0.39 is 7.82 Å². The van der Waals surface area contributed by atoms with Gasteiger partial charge in [0.2, 0.25) is 5.91 Å². The quantitative estimate of drug-likeness (QED) is 0.0754. The molecule has 0 unspecified atom stereocenters. The number of aromatic nitrogens is 3. The lowest BCUT2D eigenvalue weighted by Crippen LogP contribution is -2.26. The number of unbranched alkanes of at least 4 members (excludes halogenated alkanes) is 1. The molecule has 0 bridgehead atoms. The van der Waals surface area contributed by atoms with Crippen molar-refractivity contribution < 1.29 is 28.4 Å². The van der Waals surface area contributed by atoms with E-state index >= 15 is 0 Å². The third-order valence-electron chi connectivity index (χ3n) is 7.06. The maximum atomic E-state index is 11.4. The first-order valence-electron chi connectivity index (χ1n) is 14.4. The standard InChI is InChI=1S/C30H39ClN5O6P/c1-3-4-8-26-35-28-29(36(26)19-22-10-12-25(20(2)16-22)42-43(38,39)40)23-17-21(9-11-24(23)34-30(28)32)7-5-14-41-15-6-13-33-27(37)18-31/h9-12,16-17H,3-8,13-15,18-19H2,1-2H3,(H2,32,34)(H,33,37)(H2,38,39,40). The van der Waals surface area contributed by atoms with Gasteiger partial charge in [-0.05, 0) is 67.5 Å². The van der Waals surface area contributed by atoms with E-state index in [1.165, 1.54) is 0 Å². The summed E-state index contributed by atoms with van der Waals surface area (Å²) in [6, 6.07) is 11.4. The Hall–Kier alpha value is -3.21. The van der Waals surface area contributed by atoms with Gasteiger partial charge in [0.05, 0.1) is 11.0 Å². The number of hydrogen-bond acceptors (Lipinski definition) is 7. The van der Waals surface area contributed by atoms with E-state index in [0.29, 0.717) is 43.2 Å². The van der Waals surface area contributed by atoms with Gasteiger partial charge >= 0.3 is 7.82 Å². The number of benzene rings is 2. The number of nitrogens with one attached hydrogen (secondary N) is 1. The Morgan fingerprint density at radius 2 is 1.84 bits per heavy atom. The van der Waals surface area contributed by atoms with Crippen LogP contribution in [-0.4, -0.2) is 55.9 Å². The highest BCUT2D eigenvalue weighted by molar-refractivity contribution is 7.46. The molecule has 0 aliphatic rings. The zero-order valence-corrected chi connectivity index (χ0v) is 26.2. The van der Waals surface area contributed by atoms with Crippen LogP contribution in [0.4, 0.5) is 5.82 Å². The Kier molecular flexibility index (Phi) is 11.4. The lowest BCUT2D eigenvalue weighted by Gasteiger charge is -2.14. The van der Waals surface area contributed by atoms with E-state index in [-0.39, 0.29) is 17.5 Å². The van der Waals surface area contributed by atoms with Crippen LogP contribution in [0.25, 0.3) is 21.9 Å². The number of pyridine rings is 1. The van der Waals surface area contributed by atoms with Crippen LogP contribution >= 0.6 is 19.4 Å². The van der Waals surface area contributed by atoms with Crippen LogP contribution in [0, 0.1) is 6.92 Å². The van der Waals surface area contributed by atoms with Crippen LogP contribution in [0.2, 0.25) is 0 Å². The van der Waals surface area contributed by atoms with Crippen LogP contribution in [0.15, 0.2) is 36.4 Å². The predicted octanol–water partition coefficient (Wildman–Crippen LogP) is 5.03. The van der Waals surface area contributed by atoms with E-state index in [2.05, 4.69) is 33.9 Å². The molecule has 11 nitrogen and oxygen atoms in total. The summed E-state index contributed by atoms with van der Waals surface area (Å²) in [5.74, 6) is 1.22. The van der Waals surface area contributed by atoms with Gasteiger partial charge in [0.15, 0.2) is 5.82 Å². The molecule has 13 heteroatoms. The summed E-state index contributed by atoms with van der Waals surface area (Å²) in [4.78, 5) is 39.2. The summed E-state index contributed by atoms with van der Waals surface area (Å²) < 4.78 is 24.1. The van der Waals surface area contributed by atoms with E-state index in [1.54, 1.807) is 19.1 Å². The number of carbonyl (C=O) groups excluding carboxylic acids is 1. The van der Waals surface area contributed by atoms with Gasteiger partial charge in [0.1, 0.15) is 23.0 Å². The first-order chi connectivity index (χ1) is 20.6. The van der Waals surface area contributed by atoms with Crippen LogP contribution in [0.3, 0.4) is 0 Å². The first-order valence-corrected chi connectivity index (χ1v) is 16.5. The molecule has 0 saturated carbocycles. The van der Waals surface area contributed by atoms with Crippen LogP contribution in [0.1, 0.15) is 55.1 Å². The molecule has 0 saturated heterocycles.